The van der Waals surface area contributed by atoms with E-state index in [1.165, 1.54) is 0 Å². The molecule has 3 N–H and O–H groups in total. The van der Waals surface area contributed by atoms with E-state index in [0.717, 1.165) is 24.8 Å². The highest BCUT2D eigenvalue weighted by Gasteiger charge is 2.05. The van der Waals surface area contributed by atoms with Gasteiger partial charge in [-0.05, 0) is 31.0 Å². The number of benzene rings is 1. The average molecular weight is 211 g/mol. The van der Waals surface area contributed by atoms with Crippen LogP contribution in [0.2, 0.25) is 5.02 Å². The number of nitrogens with one attached hydrogen (secondary N) is 1. The smallest absolute Gasteiger partial charge is 0.0414 e. The molecule has 0 atom stereocenters. The van der Waals surface area contributed by atoms with Crippen molar-refractivity contribution in [1.82, 2.24) is 0 Å². The summed E-state index contributed by atoms with van der Waals surface area (Å²) in [6.07, 6.45) is 2.87. The van der Waals surface area contributed by atoms with E-state index in [1.54, 1.807) is 18.2 Å². The number of hydrogen-bond acceptors (Lipinski definition) is 2. The maximum Gasteiger partial charge on any atom is 0.0414 e. The van der Waals surface area contributed by atoms with Gasteiger partial charge in [0.05, 0.1) is 0 Å². The molecule has 76 valence electrons. The zero-order valence-electron chi connectivity index (χ0n) is 8.31. The fourth-order valence-electron chi connectivity index (χ4n) is 1.28. The molecular formula is C11H15ClN2. The van der Waals surface area contributed by atoms with Crippen LogP contribution in [0, 0.1) is 5.41 Å². The van der Waals surface area contributed by atoms with E-state index >= 15 is 0 Å². The largest absolute Gasteiger partial charge is 0.398 e. The quantitative estimate of drug-likeness (QED) is 0.580. The first kappa shape index (κ1) is 11.1. The van der Waals surface area contributed by atoms with Gasteiger partial charge < -0.3 is 11.1 Å². The molecule has 0 saturated heterocycles. The second kappa shape index (κ2) is 5.01. The van der Waals surface area contributed by atoms with Crippen molar-refractivity contribution in [3.05, 3.63) is 28.8 Å². The molecule has 0 unspecified atom stereocenters. The van der Waals surface area contributed by atoms with Gasteiger partial charge in [-0.25, -0.2) is 0 Å². The molecule has 0 bridgehead atoms. The highest BCUT2D eigenvalue weighted by atomic mass is 35.5. The minimum absolute atomic E-state index is 0.576. The number of hydrogen-bond donors (Lipinski definition) is 2. The van der Waals surface area contributed by atoms with Crippen molar-refractivity contribution in [2.45, 2.75) is 26.2 Å². The van der Waals surface area contributed by atoms with Gasteiger partial charge in [0.15, 0.2) is 0 Å². The van der Waals surface area contributed by atoms with Crippen molar-refractivity contribution in [2.24, 2.45) is 0 Å². The summed E-state index contributed by atoms with van der Waals surface area (Å²) in [7, 11) is 0. The van der Waals surface area contributed by atoms with Gasteiger partial charge in [-0.3, -0.25) is 0 Å². The molecular weight excluding hydrogens is 196 g/mol. The SMILES string of the molecule is CCCCC(=N)c1cc(Cl)ccc1N. The van der Waals surface area contributed by atoms with Gasteiger partial charge in [0, 0.05) is 22.0 Å². The molecule has 0 aromatic heterocycles. The maximum atomic E-state index is 7.83. The summed E-state index contributed by atoms with van der Waals surface area (Å²) in [6, 6.07) is 5.25. The third kappa shape index (κ3) is 2.74. The Kier molecular flexibility index (Phi) is 3.96. The van der Waals surface area contributed by atoms with Crippen molar-refractivity contribution >= 4 is 23.0 Å². The highest BCUT2D eigenvalue weighted by molar-refractivity contribution is 6.31. The third-order valence-electron chi connectivity index (χ3n) is 2.12. The van der Waals surface area contributed by atoms with Crippen LogP contribution in [0.25, 0.3) is 0 Å². The Hall–Kier alpha value is -1.02. The molecule has 0 fully saturated rings. The highest BCUT2D eigenvalue weighted by Crippen LogP contribution is 2.19. The summed E-state index contributed by atoms with van der Waals surface area (Å²) in [5, 5.41) is 8.47. The predicted octanol–water partition coefficient (Wildman–Crippen LogP) is 3.48. The van der Waals surface area contributed by atoms with Gasteiger partial charge in [0.2, 0.25) is 0 Å². The molecule has 0 amide bonds. The first-order valence-corrected chi connectivity index (χ1v) is 5.15. The molecule has 1 aromatic rings. The number of nitrogen functional groups attached to an aromatic ring is 1. The lowest BCUT2D eigenvalue weighted by Gasteiger charge is -2.07. The Morgan fingerprint density at radius 1 is 1.50 bits per heavy atom. The van der Waals surface area contributed by atoms with Crippen LogP contribution in [-0.4, -0.2) is 5.71 Å². The van der Waals surface area contributed by atoms with Crippen molar-refractivity contribution in [3.8, 4) is 0 Å². The van der Waals surface area contributed by atoms with Crippen LogP contribution in [-0.2, 0) is 0 Å². The first-order valence-electron chi connectivity index (χ1n) is 4.78. The lowest BCUT2D eigenvalue weighted by molar-refractivity contribution is 0.833. The second-order valence-electron chi connectivity index (χ2n) is 3.31. The van der Waals surface area contributed by atoms with E-state index in [9.17, 15) is 0 Å². The monoisotopic (exact) mass is 210 g/mol. The van der Waals surface area contributed by atoms with E-state index in [2.05, 4.69) is 6.92 Å². The van der Waals surface area contributed by atoms with Gasteiger partial charge in [0.1, 0.15) is 0 Å². The van der Waals surface area contributed by atoms with Crippen molar-refractivity contribution in [2.75, 3.05) is 5.73 Å². The zero-order chi connectivity index (χ0) is 10.6. The average Bonchev–Trinajstić information content (AvgIpc) is 2.18. The zero-order valence-corrected chi connectivity index (χ0v) is 9.06. The molecule has 0 aliphatic carbocycles. The van der Waals surface area contributed by atoms with Crippen molar-refractivity contribution in [3.63, 3.8) is 0 Å². The molecule has 0 saturated carbocycles. The molecule has 0 aliphatic heterocycles. The van der Waals surface area contributed by atoms with E-state index in [4.69, 9.17) is 22.7 Å². The Morgan fingerprint density at radius 3 is 2.86 bits per heavy atom. The van der Waals surface area contributed by atoms with E-state index < -0.39 is 0 Å². The number of halogens is 1. The van der Waals surface area contributed by atoms with Crippen LogP contribution in [0.4, 0.5) is 5.69 Å². The molecule has 0 aliphatic rings. The van der Waals surface area contributed by atoms with Gasteiger partial charge in [-0.15, -0.1) is 0 Å². The summed E-state index contributed by atoms with van der Waals surface area (Å²) in [6.45, 7) is 2.11. The fraction of sp³-hybridized carbons (Fsp3) is 0.364. The van der Waals surface area contributed by atoms with Gasteiger partial charge in [-0.2, -0.15) is 0 Å². The van der Waals surface area contributed by atoms with Crippen LogP contribution >= 0.6 is 11.6 Å². The van der Waals surface area contributed by atoms with Crippen LogP contribution in [0.1, 0.15) is 31.7 Å². The molecule has 2 nitrogen and oxygen atoms in total. The molecule has 0 heterocycles. The number of rotatable bonds is 4. The second-order valence-corrected chi connectivity index (χ2v) is 3.75. The van der Waals surface area contributed by atoms with Crippen LogP contribution in [0.15, 0.2) is 18.2 Å². The topological polar surface area (TPSA) is 49.9 Å². The number of nitrogens with two attached hydrogens (primary N) is 1. The summed E-state index contributed by atoms with van der Waals surface area (Å²) in [5.41, 5.74) is 7.74. The van der Waals surface area contributed by atoms with Crippen LogP contribution in [0.5, 0.6) is 0 Å². The summed E-state index contributed by atoms with van der Waals surface area (Å²) < 4.78 is 0. The molecule has 0 spiro atoms. The van der Waals surface area contributed by atoms with Crippen molar-refractivity contribution < 1.29 is 0 Å². The van der Waals surface area contributed by atoms with E-state index in [0.29, 0.717) is 16.4 Å². The van der Waals surface area contributed by atoms with Crippen LogP contribution < -0.4 is 5.73 Å². The summed E-state index contributed by atoms with van der Waals surface area (Å²) >= 11 is 5.84. The lowest BCUT2D eigenvalue weighted by Crippen LogP contribution is -2.03. The Balaban J connectivity index is 2.83. The normalized spacial score (nSPS) is 10.1. The van der Waals surface area contributed by atoms with Gasteiger partial charge in [0.25, 0.3) is 0 Å². The Bertz CT molecular complexity index is 334. The van der Waals surface area contributed by atoms with Crippen molar-refractivity contribution in [1.29, 1.82) is 5.41 Å². The predicted molar refractivity (Wildman–Crippen MR) is 62.2 cm³/mol. The van der Waals surface area contributed by atoms with Crippen LogP contribution in [0.3, 0.4) is 0 Å². The van der Waals surface area contributed by atoms with Gasteiger partial charge >= 0.3 is 0 Å². The Morgan fingerprint density at radius 2 is 2.21 bits per heavy atom. The molecule has 1 rings (SSSR count). The molecule has 1 aromatic carbocycles. The number of anilines is 1. The first-order chi connectivity index (χ1) is 6.65. The molecule has 3 heteroatoms. The minimum Gasteiger partial charge on any atom is -0.398 e. The molecule has 0 radical (unpaired) electrons. The minimum atomic E-state index is 0.576. The fourth-order valence-corrected chi connectivity index (χ4v) is 1.45. The summed E-state index contributed by atoms with van der Waals surface area (Å²) in [4.78, 5) is 0. The standard InChI is InChI=1S/C11H15ClN2/c1-2-3-4-10(13)9-7-8(12)5-6-11(9)14/h5-7,13H,2-4,14H2,1H3. The lowest BCUT2D eigenvalue weighted by atomic mass is 10.0. The van der Waals surface area contributed by atoms with E-state index in [1.807, 2.05) is 0 Å². The third-order valence-corrected chi connectivity index (χ3v) is 2.36. The molecule has 14 heavy (non-hydrogen) atoms. The van der Waals surface area contributed by atoms with E-state index in [-0.39, 0.29) is 0 Å². The summed E-state index contributed by atoms with van der Waals surface area (Å²) in [5.74, 6) is 0. The maximum absolute atomic E-state index is 7.83. The van der Waals surface area contributed by atoms with Gasteiger partial charge in [-0.1, -0.05) is 24.9 Å². The Labute approximate surface area is 89.6 Å². The number of unbranched alkanes of at least 4 members (excludes halogenated alkanes) is 1.